The number of nitrogens with zero attached hydrogens (tertiary/aromatic N) is 4. The molecule has 0 saturated carbocycles. The number of rotatable bonds is 6. The summed E-state index contributed by atoms with van der Waals surface area (Å²) in [6.07, 6.45) is 6.62. The first-order chi connectivity index (χ1) is 16.6. The van der Waals surface area contributed by atoms with Crippen molar-refractivity contribution in [2.45, 2.75) is 49.6 Å². The molecule has 1 amide bonds. The van der Waals surface area contributed by atoms with Crippen LogP contribution in [-0.4, -0.2) is 30.9 Å². The average Bonchev–Trinajstić information content (AvgIpc) is 3.28. The Hall–Kier alpha value is -3.45. The Morgan fingerprint density at radius 3 is 2.65 bits per heavy atom. The Morgan fingerprint density at radius 2 is 1.82 bits per heavy atom. The molecule has 2 aromatic carbocycles. The standard InChI is InChI=1S/C27H27N5OS/c1-18-8-3-6-13-24(18)32-25(21-14-16-28-17-15-21)30-31-27(32)34-19(2)26(33)29-23-12-7-10-20-9-4-5-11-22(20)23/h3-6,8-9,11,13-17,19,23H,7,10,12H2,1-2H3,(H,29,33). The summed E-state index contributed by atoms with van der Waals surface area (Å²) >= 11 is 1.43. The van der Waals surface area contributed by atoms with E-state index >= 15 is 0 Å². The van der Waals surface area contributed by atoms with Gasteiger partial charge in [0.2, 0.25) is 5.91 Å². The van der Waals surface area contributed by atoms with Crippen molar-refractivity contribution in [2.24, 2.45) is 0 Å². The first kappa shape index (κ1) is 22.3. The largest absolute Gasteiger partial charge is 0.348 e. The van der Waals surface area contributed by atoms with E-state index in [-0.39, 0.29) is 17.2 Å². The SMILES string of the molecule is Cc1ccccc1-n1c(SC(C)C(=O)NC2CCCc3ccccc32)nnc1-c1ccncc1. The number of fused-ring (bicyclic) bond motifs is 1. The van der Waals surface area contributed by atoms with Gasteiger partial charge in [-0.15, -0.1) is 10.2 Å². The summed E-state index contributed by atoms with van der Waals surface area (Å²) in [5.74, 6) is 0.740. The first-order valence-electron chi connectivity index (χ1n) is 11.6. The van der Waals surface area contributed by atoms with Gasteiger partial charge in [0, 0.05) is 18.0 Å². The average molecular weight is 470 g/mol. The number of carbonyl (C=O) groups is 1. The Kier molecular flexibility index (Phi) is 6.45. The number of thioether (sulfide) groups is 1. The van der Waals surface area contributed by atoms with Crippen molar-refractivity contribution in [3.8, 4) is 17.1 Å². The molecule has 7 heteroatoms. The highest BCUT2D eigenvalue weighted by Crippen LogP contribution is 2.33. The maximum Gasteiger partial charge on any atom is 0.233 e. The fourth-order valence-corrected chi connectivity index (χ4v) is 5.34. The number of hydrogen-bond donors (Lipinski definition) is 1. The number of benzene rings is 2. The van der Waals surface area contributed by atoms with Crippen LogP contribution in [0.2, 0.25) is 0 Å². The van der Waals surface area contributed by atoms with Crippen molar-refractivity contribution in [1.82, 2.24) is 25.1 Å². The van der Waals surface area contributed by atoms with Crippen LogP contribution in [0.3, 0.4) is 0 Å². The molecule has 172 valence electrons. The Bertz CT molecular complexity index is 1300. The van der Waals surface area contributed by atoms with Gasteiger partial charge in [0.25, 0.3) is 0 Å². The summed E-state index contributed by atoms with van der Waals surface area (Å²) in [7, 11) is 0. The normalized spacial score (nSPS) is 16.0. The molecular formula is C27H27N5OS. The highest BCUT2D eigenvalue weighted by atomic mass is 32.2. The fraction of sp³-hybridized carbons (Fsp3) is 0.259. The summed E-state index contributed by atoms with van der Waals surface area (Å²) in [4.78, 5) is 17.3. The zero-order chi connectivity index (χ0) is 23.5. The van der Waals surface area contributed by atoms with Crippen LogP contribution >= 0.6 is 11.8 Å². The molecule has 1 aliphatic rings. The van der Waals surface area contributed by atoms with E-state index in [0.717, 1.165) is 41.9 Å². The third-order valence-corrected chi connectivity index (χ3v) is 7.31. The number of amides is 1. The van der Waals surface area contributed by atoms with Crippen molar-refractivity contribution < 1.29 is 4.79 Å². The molecule has 2 unspecified atom stereocenters. The van der Waals surface area contributed by atoms with E-state index in [2.05, 4.69) is 57.8 Å². The summed E-state index contributed by atoms with van der Waals surface area (Å²) in [5.41, 5.74) is 5.60. The molecule has 0 radical (unpaired) electrons. The zero-order valence-corrected chi connectivity index (χ0v) is 20.1. The van der Waals surface area contributed by atoms with E-state index in [4.69, 9.17) is 0 Å². The number of carbonyl (C=O) groups excluding carboxylic acids is 1. The predicted molar refractivity (Wildman–Crippen MR) is 135 cm³/mol. The van der Waals surface area contributed by atoms with E-state index in [1.54, 1.807) is 12.4 Å². The minimum Gasteiger partial charge on any atom is -0.348 e. The fourth-order valence-electron chi connectivity index (χ4n) is 4.47. The van der Waals surface area contributed by atoms with Gasteiger partial charge in [-0.25, -0.2) is 0 Å². The molecule has 0 bridgehead atoms. The van der Waals surface area contributed by atoms with Crippen LogP contribution in [-0.2, 0) is 11.2 Å². The van der Waals surface area contributed by atoms with E-state index in [9.17, 15) is 4.79 Å². The minimum atomic E-state index is -0.327. The first-order valence-corrected chi connectivity index (χ1v) is 12.5. The topological polar surface area (TPSA) is 72.7 Å². The van der Waals surface area contributed by atoms with Crippen molar-refractivity contribution >= 4 is 17.7 Å². The van der Waals surface area contributed by atoms with Gasteiger partial charge >= 0.3 is 0 Å². The Morgan fingerprint density at radius 1 is 1.06 bits per heavy atom. The number of para-hydroxylation sites is 1. The van der Waals surface area contributed by atoms with E-state index < -0.39 is 0 Å². The van der Waals surface area contributed by atoms with Crippen molar-refractivity contribution in [3.63, 3.8) is 0 Å². The maximum absolute atomic E-state index is 13.2. The third kappa shape index (κ3) is 4.48. The number of pyridine rings is 1. The van der Waals surface area contributed by atoms with E-state index in [0.29, 0.717) is 5.16 Å². The van der Waals surface area contributed by atoms with Crippen LogP contribution in [0, 0.1) is 6.92 Å². The van der Waals surface area contributed by atoms with Gasteiger partial charge in [-0.2, -0.15) is 0 Å². The lowest BCUT2D eigenvalue weighted by atomic mass is 9.88. The van der Waals surface area contributed by atoms with E-state index in [1.807, 2.05) is 41.8 Å². The Labute approximate surface area is 203 Å². The summed E-state index contributed by atoms with van der Waals surface area (Å²) < 4.78 is 2.04. The van der Waals surface area contributed by atoms with Gasteiger partial charge in [0.1, 0.15) is 0 Å². The highest BCUT2D eigenvalue weighted by Gasteiger charge is 2.26. The molecule has 1 aliphatic carbocycles. The van der Waals surface area contributed by atoms with Crippen LogP contribution in [0.25, 0.3) is 17.1 Å². The summed E-state index contributed by atoms with van der Waals surface area (Å²) in [6.45, 7) is 3.99. The van der Waals surface area contributed by atoms with Crippen molar-refractivity contribution in [2.75, 3.05) is 0 Å². The molecule has 0 saturated heterocycles. The second-order valence-electron chi connectivity index (χ2n) is 8.58. The number of aromatic nitrogens is 4. The Balaban J connectivity index is 1.42. The van der Waals surface area contributed by atoms with Gasteiger partial charge in [-0.05, 0) is 68.0 Å². The molecule has 0 spiro atoms. The second kappa shape index (κ2) is 9.81. The summed E-state index contributed by atoms with van der Waals surface area (Å²) in [6, 6.07) is 20.4. The molecule has 2 heterocycles. The van der Waals surface area contributed by atoms with Crippen LogP contribution < -0.4 is 5.32 Å². The molecular weight excluding hydrogens is 442 g/mol. The smallest absolute Gasteiger partial charge is 0.233 e. The zero-order valence-electron chi connectivity index (χ0n) is 19.3. The molecule has 6 nitrogen and oxygen atoms in total. The summed E-state index contributed by atoms with van der Waals surface area (Å²) in [5, 5.41) is 12.6. The molecule has 2 aromatic heterocycles. The van der Waals surface area contributed by atoms with Gasteiger partial charge in [-0.3, -0.25) is 14.3 Å². The van der Waals surface area contributed by atoms with Gasteiger partial charge in [0.05, 0.1) is 17.0 Å². The van der Waals surface area contributed by atoms with Crippen LogP contribution in [0.15, 0.2) is 78.2 Å². The van der Waals surface area contributed by atoms with Crippen LogP contribution in [0.5, 0.6) is 0 Å². The van der Waals surface area contributed by atoms with Crippen molar-refractivity contribution in [1.29, 1.82) is 0 Å². The minimum absolute atomic E-state index is 0.0106. The quantitative estimate of drug-likeness (QED) is 0.387. The molecule has 0 fully saturated rings. The number of nitrogens with one attached hydrogen (secondary N) is 1. The molecule has 1 N–H and O–H groups in total. The lowest BCUT2D eigenvalue weighted by Crippen LogP contribution is -2.36. The second-order valence-corrected chi connectivity index (χ2v) is 9.88. The van der Waals surface area contributed by atoms with E-state index in [1.165, 1.54) is 22.9 Å². The molecule has 2 atom stereocenters. The molecule has 0 aliphatic heterocycles. The highest BCUT2D eigenvalue weighted by molar-refractivity contribution is 8.00. The predicted octanol–water partition coefficient (Wildman–Crippen LogP) is 5.31. The number of hydrogen-bond acceptors (Lipinski definition) is 5. The molecule has 5 rings (SSSR count). The lowest BCUT2D eigenvalue weighted by molar-refractivity contribution is -0.121. The van der Waals surface area contributed by atoms with Crippen molar-refractivity contribution in [3.05, 3.63) is 89.7 Å². The van der Waals surface area contributed by atoms with Crippen LogP contribution in [0.1, 0.15) is 42.5 Å². The van der Waals surface area contributed by atoms with Crippen LogP contribution in [0.4, 0.5) is 0 Å². The maximum atomic E-state index is 13.2. The molecule has 4 aromatic rings. The van der Waals surface area contributed by atoms with Gasteiger partial charge < -0.3 is 5.32 Å². The monoisotopic (exact) mass is 469 g/mol. The van der Waals surface area contributed by atoms with Gasteiger partial charge in [0.15, 0.2) is 11.0 Å². The third-order valence-electron chi connectivity index (χ3n) is 6.27. The number of aryl methyl sites for hydroxylation is 2. The van der Waals surface area contributed by atoms with Gasteiger partial charge in [-0.1, -0.05) is 54.2 Å². The lowest BCUT2D eigenvalue weighted by Gasteiger charge is -2.27. The molecule has 34 heavy (non-hydrogen) atoms.